The first kappa shape index (κ1) is 18.9. The van der Waals surface area contributed by atoms with Gasteiger partial charge in [-0.3, -0.25) is 4.79 Å². The SMILES string of the molecule is O=C1NCCc2c1nc(Cc1ccc3c(c1)OCO3)nc2N1CCC2(CCCO2)CC1. The van der Waals surface area contributed by atoms with Crippen LogP contribution in [0.25, 0.3) is 0 Å². The fourth-order valence-corrected chi connectivity index (χ4v) is 5.17. The molecular formula is C23H26N4O4. The fraction of sp³-hybridized carbons (Fsp3) is 0.522. The Balaban J connectivity index is 1.31. The molecule has 1 aromatic carbocycles. The number of carbonyl (C=O) groups is 1. The van der Waals surface area contributed by atoms with Gasteiger partial charge in [-0.1, -0.05) is 6.07 Å². The van der Waals surface area contributed by atoms with Crippen LogP contribution >= 0.6 is 0 Å². The normalized spacial score (nSPS) is 21.3. The summed E-state index contributed by atoms with van der Waals surface area (Å²) in [6.45, 7) is 3.55. The second-order valence-electron chi connectivity index (χ2n) is 8.78. The number of carbonyl (C=O) groups excluding carboxylic acids is 1. The van der Waals surface area contributed by atoms with Crippen LogP contribution in [0.15, 0.2) is 18.2 Å². The molecule has 4 aliphatic rings. The van der Waals surface area contributed by atoms with Gasteiger partial charge in [-0.2, -0.15) is 0 Å². The Morgan fingerprint density at radius 3 is 2.81 bits per heavy atom. The summed E-state index contributed by atoms with van der Waals surface area (Å²) in [4.78, 5) is 24.6. The van der Waals surface area contributed by atoms with Gasteiger partial charge in [-0.15, -0.1) is 0 Å². The van der Waals surface area contributed by atoms with Crippen molar-refractivity contribution in [2.24, 2.45) is 0 Å². The summed E-state index contributed by atoms with van der Waals surface area (Å²) in [6, 6.07) is 5.88. The van der Waals surface area contributed by atoms with Gasteiger partial charge in [-0.05, 0) is 49.8 Å². The third-order valence-electron chi connectivity index (χ3n) is 6.87. The van der Waals surface area contributed by atoms with E-state index < -0.39 is 0 Å². The first-order chi connectivity index (χ1) is 15.2. The Bertz CT molecular complexity index is 1020. The molecule has 0 radical (unpaired) electrons. The molecule has 1 aromatic heterocycles. The Morgan fingerprint density at radius 1 is 1.10 bits per heavy atom. The van der Waals surface area contributed by atoms with Gasteiger partial charge >= 0.3 is 0 Å². The van der Waals surface area contributed by atoms with Crippen LogP contribution in [0.2, 0.25) is 0 Å². The smallest absolute Gasteiger partial charge is 0.270 e. The van der Waals surface area contributed by atoms with E-state index in [1.54, 1.807) is 0 Å². The number of nitrogens with one attached hydrogen (secondary N) is 1. The molecule has 2 aromatic rings. The molecule has 1 spiro atoms. The highest BCUT2D eigenvalue weighted by molar-refractivity contribution is 5.96. The standard InChI is InChI=1S/C23H26N4O4/c28-22-20-16(4-8-24-22)21(27-9-6-23(7-10-27)5-1-11-31-23)26-19(25-20)13-15-2-3-17-18(12-15)30-14-29-17/h2-3,12H,1,4-11,13-14H2,(H,24,28). The molecule has 0 atom stereocenters. The number of anilines is 1. The van der Waals surface area contributed by atoms with Crippen molar-refractivity contribution in [1.82, 2.24) is 15.3 Å². The van der Waals surface area contributed by atoms with Crippen LogP contribution < -0.4 is 19.7 Å². The van der Waals surface area contributed by atoms with Crippen molar-refractivity contribution < 1.29 is 19.0 Å². The molecule has 0 saturated carbocycles. The fourth-order valence-electron chi connectivity index (χ4n) is 5.17. The number of aromatic nitrogens is 2. The third-order valence-corrected chi connectivity index (χ3v) is 6.87. The molecule has 0 aliphatic carbocycles. The van der Waals surface area contributed by atoms with Crippen LogP contribution in [-0.4, -0.2) is 54.5 Å². The molecule has 162 valence electrons. The average molecular weight is 422 g/mol. The highest BCUT2D eigenvalue weighted by Crippen LogP contribution is 2.38. The van der Waals surface area contributed by atoms with E-state index in [2.05, 4.69) is 15.2 Å². The summed E-state index contributed by atoms with van der Waals surface area (Å²) in [6.07, 6.45) is 5.62. The van der Waals surface area contributed by atoms with Gasteiger partial charge in [0.15, 0.2) is 11.5 Å². The molecule has 2 fully saturated rings. The zero-order valence-electron chi connectivity index (χ0n) is 17.5. The molecule has 6 rings (SSSR count). The maximum Gasteiger partial charge on any atom is 0.270 e. The maximum absolute atomic E-state index is 12.6. The summed E-state index contributed by atoms with van der Waals surface area (Å²) in [7, 11) is 0. The lowest BCUT2D eigenvalue weighted by atomic mass is 9.88. The van der Waals surface area contributed by atoms with E-state index in [0.29, 0.717) is 24.5 Å². The Kier molecular flexibility index (Phi) is 4.49. The molecule has 8 heteroatoms. The van der Waals surface area contributed by atoms with Crippen LogP contribution in [-0.2, 0) is 17.6 Å². The number of nitrogens with zero attached hydrogens (tertiary/aromatic N) is 3. The molecule has 0 bridgehead atoms. The van der Waals surface area contributed by atoms with Crippen molar-refractivity contribution >= 4 is 11.7 Å². The average Bonchev–Trinajstić information content (AvgIpc) is 3.44. The molecule has 4 aliphatic heterocycles. The molecule has 2 saturated heterocycles. The highest BCUT2D eigenvalue weighted by atomic mass is 16.7. The van der Waals surface area contributed by atoms with Crippen molar-refractivity contribution in [3.63, 3.8) is 0 Å². The lowest BCUT2D eigenvalue weighted by molar-refractivity contribution is -0.0147. The van der Waals surface area contributed by atoms with E-state index >= 15 is 0 Å². The number of rotatable bonds is 3. The number of amides is 1. The van der Waals surface area contributed by atoms with Crippen LogP contribution in [0.5, 0.6) is 11.5 Å². The number of fused-ring (bicyclic) bond motifs is 2. The maximum atomic E-state index is 12.6. The molecule has 1 amide bonds. The number of piperidine rings is 1. The van der Waals surface area contributed by atoms with Gasteiger partial charge in [0.1, 0.15) is 17.3 Å². The molecule has 1 N–H and O–H groups in total. The van der Waals surface area contributed by atoms with Crippen LogP contribution in [0.4, 0.5) is 5.82 Å². The van der Waals surface area contributed by atoms with E-state index in [0.717, 1.165) is 80.2 Å². The lowest BCUT2D eigenvalue weighted by Gasteiger charge is -2.40. The Labute approximate surface area is 180 Å². The van der Waals surface area contributed by atoms with E-state index in [4.69, 9.17) is 19.2 Å². The summed E-state index contributed by atoms with van der Waals surface area (Å²) in [5.74, 6) is 2.97. The predicted molar refractivity (Wildman–Crippen MR) is 113 cm³/mol. The Hall–Kier alpha value is -2.87. The van der Waals surface area contributed by atoms with Crippen LogP contribution in [0.3, 0.4) is 0 Å². The topological polar surface area (TPSA) is 85.8 Å². The van der Waals surface area contributed by atoms with Crippen molar-refractivity contribution in [2.45, 2.75) is 44.1 Å². The zero-order chi connectivity index (χ0) is 20.8. The minimum absolute atomic E-state index is 0.0519. The molecular weight excluding hydrogens is 396 g/mol. The summed E-state index contributed by atoms with van der Waals surface area (Å²) >= 11 is 0. The first-order valence-corrected chi connectivity index (χ1v) is 11.1. The Morgan fingerprint density at radius 2 is 1.97 bits per heavy atom. The minimum atomic E-state index is -0.107. The third kappa shape index (κ3) is 3.39. The van der Waals surface area contributed by atoms with Crippen LogP contribution in [0, 0.1) is 0 Å². The molecule has 5 heterocycles. The predicted octanol–water partition coefficient (Wildman–Crippen LogP) is 2.23. The molecule has 31 heavy (non-hydrogen) atoms. The van der Waals surface area contributed by atoms with Gasteiger partial charge in [0, 0.05) is 38.2 Å². The summed E-state index contributed by atoms with van der Waals surface area (Å²) in [5, 5.41) is 2.93. The zero-order valence-corrected chi connectivity index (χ0v) is 17.5. The van der Waals surface area contributed by atoms with Gasteiger partial charge < -0.3 is 24.4 Å². The molecule has 8 nitrogen and oxygen atoms in total. The van der Waals surface area contributed by atoms with Gasteiger partial charge in [0.25, 0.3) is 5.91 Å². The first-order valence-electron chi connectivity index (χ1n) is 11.1. The minimum Gasteiger partial charge on any atom is -0.454 e. The number of hydrogen-bond donors (Lipinski definition) is 1. The van der Waals surface area contributed by atoms with Crippen LogP contribution in [0.1, 0.15) is 53.1 Å². The summed E-state index contributed by atoms with van der Waals surface area (Å²) in [5.41, 5.74) is 2.57. The summed E-state index contributed by atoms with van der Waals surface area (Å²) < 4.78 is 17.0. The monoisotopic (exact) mass is 422 g/mol. The number of hydrogen-bond acceptors (Lipinski definition) is 7. The lowest BCUT2D eigenvalue weighted by Crippen LogP contribution is -2.45. The molecule has 0 unspecified atom stereocenters. The van der Waals surface area contributed by atoms with Crippen molar-refractivity contribution in [3.05, 3.63) is 40.8 Å². The second-order valence-corrected chi connectivity index (χ2v) is 8.78. The quantitative estimate of drug-likeness (QED) is 0.812. The van der Waals surface area contributed by atoms with Gasteiger partial charge in [0.2, 0.25) is 6.79 Å². The van der Waals surface area contributed by atoms with Crippen molar-refractivity contribution in [1.29, 1.82) is 0 Å². The highest BCUT2D eigenvalue weighted by Gasteiger charge is 2.39. The van der Waals surface area contributed by atoms with Gasteiger partial charge in [-0.25, -0.2) is 9.97 Å². The van der Waals surface area contributed by atoms with Crippen molar-refractivity contribution in [3.8, 4) is 11.5 Å². The largest absolute Gasteiger partial charge is 0.454 e. The van der Waals surface area contributed by atoms with E-state index in [-0.39, 0.29) is 18.3 Å². The van der Waals surface area contributed by atoms with E-state index in [9.17, 15) is 4.79 Å². The van der Waals surface area contributed by atoms with Crippen molar-refractivity contribution in [2.75, 3.05) is 37.9 Å². The van der Waals surface area contributed by atoms with E-state index in [1.165, 1.54) is 0 Å². The second kappa shape index (κ2) is 7.37. The van der Waals surface area contributed by atoms with Gasteiger partial charge in [0.05, 0.1) is 5.60 Å². The number of ether oxygens (including phenoxy) is 3. The van der Waals surface area contributed by atoms with E-state index in [1.807, 2.05) is 18.2 Å². The number of benzene rings is 1.